The zero-order chi connectivity index (χ0) is 20.6. The molecule has 0 radical (unpaired) electrons. The maximum Gasteiger partial charge on any atom is 0.407 e. The maximum absolute atomic E-state index is 11.8. The molecule has 0 unspecified atom stereocenters. The first-order valence-electron chi connectivity index (χ1n) is 9.36. The minimum Gasteiger partial charge on any atom is -0.492 e. The van der Waals surface area contributed by atoms with Crippen molar-refractivity contribution in [3.05, 3.63) is 42.0 Å². The number of alkyl carbamates (subject to hydrolysis) is 1. The molecule has 0 heterocycles. The van der Waals surface area contributed by atoms with Crippen molar-refractivity contribution in [1.82, 2.24) is 10.0 Å². The maximum atomic E-state index is 11.8. The Morgan fingerprint density at radius 2 is 1.79 bits per heavy atom. The van der Waals surface area contributed by atoms with Crippen LogP contribution in [0.3, 0.4) is 0 Å². The van der Waals surface area contributed by atoms with E-state index in [-0.39, 0.29) is 0 Å². The van der Waals surface area contributed by atoms with E-state index >= 15 is 0 Å². The molecule has 2 N–H and O–H groups in total. The standard InChI is InChI=1S/C20H28N2O5S/c1-4-26-20(23)21-11-12-27-19-8-7-17-13-16(5-6-18(17)14-19)9-10-22-28(24,25)15(2)3/h5-8,13-15,22H,4,9-12H2,1-3H3,(H,21,23). The minimum absolute atomic E-state index is 0.336. The number of fused-ring (bicyclic) bond motifs is 1. The van der Waals surface area contributed by atoms with Gasteiger partial charge >= 0.3 is 6.09 Å². The zero-order valence-electron chi connectivity index (χ0n) is 16.5. The van der Waals surface area contributed by atoms with Crippen molar-refractivity contribution >= 4 is 26.9 Å². The molecule has 0 bridgehead atoms. The van der Waals surface area contributed by atoms with Gasteiger partial charge < -0.3 is 14.8 Å². The predicted molar refractivity (Wildman–Crippen MR) is 110 cm³/mol. The number of sulfonamides is 1. The summed E-state index contributed by atoms with van der Waals surface area (Å²) < 4.78 is 36.6. The summed E-state index contributed by atoms with van der Waals surface area (Å²) in [7, 11) is -3.24. The molecule has 8 heteroatoms. The van der Waals surface area contributed by atoms with Crippen molar-refractivity contribution in [2.45, 2.75) is 32.4 Å². The molecule has 7 nitrogen and oxygen atoms in total. The third-order valence-corrected chi connectivity index (χ3v) is 5.98. The topological polar surface area (TPSA) is 93.7 Å². The van der Waals surface area contributed by atoms with Crippen molar-refractivity contribution < 1.29 is 22.7 Å². The zero-order valence-corrected chi connectivity index (χ0v) is 17.3. The molecule has 2 rings (SSSR count). The van der Waals surface area contributed by atoms with Crippen molar-refractivity contribution in [2.24, 2.45) is 0 Å². The van der Waals surface area contributed by atoms with Crippen LogP contribution in [0.25, 0.3) is 10.8 Å². The quantitative estimate of drug-likeness (QED) is 0.590. The molecule has 2 aromatic rings. The molecule has 0 aliphatic rings. The first kappa shape index (κ1) is 22.0. The highest BCUT2D eigenvalue weighted by molar-refractivity contribution is 7.90. The number of carbonyl (C=O) groups is 1. The molecule has 0 aliphatic heterocycles. The highest BCUT2D eigenvalue weighted by atomic mass is 32.2. The molecular weight excluding hydrogens is 380 g/mol. The van der Waals surface area contributed by atoms with Crippen molar-refractivity contribution in [2.75, 3.05) is 26.3 Å². The van der Waals surface area contributed by atoms with E-state index in [1.54, 1.807) is 20.8 Å². The second-order valence-electron chi connectivity index (χ2n) is 6.58. The number of hydrogen-bond donors (Lipinski definition) is 2. The minimum atomic E-state index is -3.24. The second-order valence-corrected chi connectivity index (χ2v) is 8.90. The summed E-state index contributed by atoms with van der Waals surface area (Å²) in [6.45, 7) is 6.49. The van der Waals surface area contributed by atoms with Crippen LogP contribution in [-0.2, 0) is 21.2 Å². The summed E-state index contributed by atoms with van der Waals surface area (Å²) in [4.78, 5) is 11.2. The van der Waals surface area contributed by atoms with Crippen molar-refractivity contribution in [1.29, 1.82) is 0 Å². The summed E-state index contributed by atoms with van der Waals surface area (Å²) in [5.41, 5.74) is 1.06. The van der Waals surface area contributed by atoms with Gasteiger partial charge in [0.15, 0.2) is 0 Å². The Kier molecular flexibility index (Phi) is 8.07. The van der Waals surface area contributed by atoms with Crippen LogP contribution in [0.1, 0.15) is 26.3 Å². The first-order valence-corrected chi connectivity index (χ1v) is 10.9. The Bertz CT molecular complexity index is 897. The van der Waals surface area contributed by atoms with Gasteiger partial charge in [-0.3, -0.25) is 0 Å². The average Bonchev–Trinajstić information content (AvgIpc) is 2.65. The van der Waals surface area contributed by atoms with E-state index in [0.29, 0.717) is 32.7 Å². The molecule has 0 aromatic heterocycles. The fourth-order valence-electron chi connectivity index (χ4n) is 2.53. The van der Waals surface area contributed by atoms with Gasteiger partial charge in [-0.15, -0.1) is 0 Å². The van der Waals surface area contributed by atoms with Gasteiger partial charge in [-0.25, -0.2) is 17.9 Å². The van der Waals surface area contributed by atoms with Crippen LogP contribution in [0.15, 0.2) is 36.4 Å². The van der Waals surface area contributed by atoms with Gasteiger partial charge in [-0.2, -0.15) is 0 Å². The SMILES string of the molecule is CCOC(=O)NCCOc1ccc2cc(CCNS(=O)(=O)C(C)C)ccc2c1. The smallest absolute Gasteiger partial charge is 0.407 e. The van der Waals surface area contributed by atoms with Crippen LogP contribution < -0.4 is 14.8 Å². The van der Waals surface area contributed by atoms with Crippen LogP contribution in [0, 0.1) is 0 Å². The van der Waals surface area contributed by atoms with Gasteiger partial charge in [0.05, 0.1) is 18.4 Å². The number of rotatable bonds is 10. The lowest BCUT2D eigenvalue weighted by atomic mass is 10.0. The van der Waals surface area contributed by atoms with Crippen LogP contribution >= 0.6 is 0 Å². The highest BCUT2D eigenvalue weighted by Gasteiger charge is 2.14. The van der Waals surface area contributed by atoms with E-state index in [9.17, 15) is 13.2 Å². The number of nitrogens with one attached hydrogen (secondary N) is 2. The second kappa shape index (κ2) is 10.3. The summed E-state index contributed by atoms with van der Waals surface area (Å²) >= 11 is 0. The summed E-state index contributed by atoms with van der Waals surface area (Å²) in [5.74, 6) is 0.718. The lowest BCUT2D eigenvalue weighted by Crippen LogP contribution is -2.32. The number of ether oxygens (including phenoxy) is 2. The predicted octanol–water partition coefficient (Wildman–Crippen LogP) is 2.84. The molecule has 0 spiro atoms. The number of carbonyl (C=O) groups excluding carboxylic acids is 1. The van der Waals surface area contributed by atoms with Crippen LogP contribution in [0.2, 0.25) is 0 Å². The molecule has 0 aliphatic carbocycles. The van der Waals surface area contributed by atoms with Crippen LogP contribution in [-0.4, -0.2) is 46.1 Å². The average molecular weight is 409 g/mol. The summed E-state index contributed by atoms with van der Waals surface area (Å²) in [6.07, 6.45) is 0.174. The molecule has 0 saturated carbocycles. The Morgan fingerprint density at radius 3 is 2.50 bits per heavy atom. The van der Waals surface area contributed by atoms with Gasteiger partial charge in [-0.05, 0) is 55.7 Å². The lowest BCUT2D eigenvalue weighted by molar-refractivity contribution is 0.150. The lowest BCUT2D eigenvalue weighted by Gasteiger charge is -2.11. The normalized spacial score (nSPS) is 11.6. The van der Waals surface area contributed by atoms with Gasteiger partial charge in [0.1, 0.15) is 12.4 Å². The molecule has 154 valence electrons. The summed E-state index contributed by atoms with van der Waals surface area (Å²) in [5, 5.41) is 4.25. The largest absolute Gasteiger partial charge is 0.492 e. The third kappa shape index (κ3) is 6.69. The van der Waals surface area contributed by atoms with Crippen LogP contribution in [0.4, 0.5) is 4.79 Å². The van der Waals surface area contributed by atoms with Gasteiger partial charge in [0.2, 0.25) is 10.0 Å². The highest BCUT2D eigenvalue weighted by Crippen LogP contribution is 2.22. The van der Waals surface area contributed by atoms with E-state index in [2.05, 4.69) is 10.0 Å². The van der Waals surface area contributed by atoms with E-state index in [4.69, 9.17) is 9.47 Å². The number of hydrogen-bond acceptors (Lipinski definition) is 5. The molecule has 0 fully saturated rings. The Morgan fingerprint density at radius 1 is 1.07 bits per heavy atom. The van der Waals surface area contributed by atoms with Gasteiger partial charge in [-0.1, -0.05) is 24.3 Å². The Balaban J connectivity index is 1.88. The monoisotopic (exact) mass is 408 g/mol. The molecule has 1 amide bonds. The van der Waals surface area contributed by atoms with Crippen molar-refractivity contribution in [3.63, 3.8) is 0 Å². The fraction of sp³-hybridized carbons (Fsp3) is 0.450. The van der Waals surface area contributed by atoms with Crippen LogP contribution in [0.5, 0.6) is 5.75 Å². The van der Waals surface area contributed by atoms with Gasteiger partial charge in [0, 0.05) is 6.54 Å². The first-order chi connectivity index (χ1) is 13.3. The van der Waals surface area contributed by atoms with E-state index in [0.717, 1.165) is 22.1 Å². The third-order valence-electron chi connectivity index (χ3n) is 4.13. The fourth-order valence-corrected chi connectivity index (χ4v) is 3.25. The Hall–Kier alpha value is -2.32. The molecule has 0 atom stereocenters. The molecule has 2 aromatic carbocycles. The summed E-state index contributed by atoms with van der Waals surface area (Å²) in [6, 6.07) is 11.8. The Labute approximate surface area is 166 Å². The molecular formula is C20H28N2O5S. The van der Waals surface area contributed by atoms with E-state index < -0.39 is 21.4 Å². The van der Waals surface area contributed by atoms with E-state index in [1.807, 2.05) is 36.4 Å². The molecule has 28 heavy (non-hydrogen) atoms. The van der Waals surface area contributed by atoms with E-state index in [1.165, 1.54) is 0 Å². The molecule has 0 saturated heterocycles. The van der Waals surface area contributed by atoms with Crippen molar-refractivity contribution in [3.8, 4) is 5.75 Å². The number of benzene rings is 2. The van der Waals surface area contributed by atoms with Gasteiger partial charge in [0.25, 0.3) is 0 Å². The number of amides is 1.